The predicted molar refractivity (Wildman–Crippen MR) is 85.6 cm³/mol. The number of pyridine rings is 1. The SMILES string of the molecule is O=[N+]([O-])c1cccc(N2C=CCC(Cc3ccncc3)C2)c1. The number of rotatable bonds is 4. The van der Waals surface area contributed by atoms with Gasteiger partial charge in [-0.15, -0.1) is 0 Å². The zero-order valence-electron chi connectivity index (χ0n) is 12.1. The van der Waals surface area contributed by atoms with E-state index in [-0.39, 0.29) is 10.6 Å². The molecule has 0 saturated heterocycles. The molecule has 2 heterocycles. The third-order valence-corrected chi connectivity index (χ3v) is 3.86. The summed E-state index contributed by atoms with van der Waals surface area (Å²) in [6.45, 7) is 0.861. The van der Waals surface area contributed by atoms with Crippen LogP contribution in [0.1, 0.15) is 12.0 Å². The van der Waals surface area contributed by atoms with Crippen LogP contribution in [0.5, 0.6) is 0 Å². The van der Waals surface area contributed by atoms with Crippen LogP contribution in [-0.2, 0) is 6.42 Å². The maximum Gasteiger partial charge on any atom is 0.271 e. The molecular formula is C17H17N3O2. The highest BCUT2D eigenvalue weighted by Gasteiger charge is 2.18. The molecule has 2 aromatic rings. The first kappa shape index (κ1) is 14.3. The predicted octanol–water partition coefficient (Wildman–Crippen LogP) is 3.57. The first-order chi connectivity index (χ1) is 10.7. The quantitative estimate of drug-likeness (QED) is 0.639. The summed E-state index contributed by atoms with van der Waals surface area (Å²) in [5.74, 6) is 0.492. The van der Waals surface area contributed by atoms with Gasteiger partial charge in [-0.1, -0.05) is 12.1 Å². The van der Waals surface area contributed by atoms with Gasteiger partial charge in [0.15, 0.2) is 0 Å². The van der Waals surface area contributed by atoms with Crippen LogP contribution < -0.4 is 4.90 Å². The summed E-state index contributed by atoms with van der Waals surface area (Å²) in [6.07, 6.45) is 9.78. The maximum atomic E-state index is 10.9. The molecular weight excluding hydrogens is 278 g/mol. The topological polar surface area (TPSA) is 59.3 Å². The number of aromatic nitrogens is 1. The number of nitrogens with zero attached hydrogens (tertiary/aromatic N) is 3. The van der Waals surface area contributed by atoms with Crippen LogP contribution in [0.15, 0.2) is 61.1 Å². The Morgan fingerprint density at radius 1 is 1.27 bits per heavy atom. The minimum atomic E-state index is -0.356. The molecule has 1 unspecified atom stereocenters. The molecule has 1 aromatic heterocycles. The van der Waals surface area contributed by atoms with Crippen molar-refractivity contribution in [1.82, 2.24) is 4.98 Å². The normalized spacial score (nSPS) is 17.5. The molecule has 112 valence electrons. The van der Waals surface area contributed by atoms with E-state index in [4.69, 9.17) is 0 Å². The summed E-state index contributed by atoms with van der Waals surface area (Å²) in [5.41, 5.74) is 2.27. The fraction of sp³-hybridized carbons (Fsp3) is 0.235. The molecule has 5 nitrogen and oxygen atoms in total. The fourth-order valence-electron chi connectivity index (χ4n) is 2.77. The molecule has 0 bridgehead atoms. The number of allylic oxidation sites excluding steroid dienone is 1. The van der Waals surface area contributed by atoms with E-state index in [9.17, 15) is 10.1 Å². The molecule has 0 radical (unpaired) electrons. The van der Waals surface area contributed by atoms with Gasteiger partial charge in [0.1, 0.15) is 0 Å². The van der Waals surface area contributed by atoms with Crippen LogP contribution in [0.25, 0.3) is 0 Å². The van der Waals surface area contributed by atoms with Gasteiger partial charge in [-0.05, 0) is 42.5 Å². The highest BCUT2D eigenvalue weighted by Crippen LogP contribution is 2.26. The van der Waals surface area contributed by atoms with Gasteiger partial charge >= 0.3 is 0 Å². The molecule has 22 heavy (non-hydrogen) atoms. The second-order valence-corrected chi connectivity index (χ2v) is 5.48. The van der Waals surface area contributed by atoms with Crippen LogP contribution in [-0.4, -0.2) is 16.5 Å². The Balaban J connectivity index is 1.73. The van der Waals surface area contributed by atoms with Crippen LogP contribution in [0.3, 0.4) is 0 Å². The van der Waals surface area contributed by atoms with Crippen molar-refractivity contribution in [3.05, 3.63) is 76.7 Å². The Morgan fingerprint density at radius 3 is 2.86 bits per heavy atom. The summed E-state index contributed by atoms with van der Waals surface area (Å²) in [6, 6.07) is 10.9. The summed E-state index contributed by atoms with van der Waals surface area (Å²) < 4.78 is 0. The van der Waals surface area contributed by atoms with Gasteiger partial charge in [0.05, 0.1) is 4.92 Å². The average Bonchev–Trinajstić information content (AvgIpc) is 2.56. The second kappa shape index (κ2) is 6.39. The van der Waals surface area contributed by atoms with Crippen molar-refractivity contribution >= 4 is 11.4 Å². The Bertz CT molecular complexity index is 685. The largest absolute Gasteiger partial charge is 0.348 e. The maximum absolute atomic E-state index is 10.9. The van der Waals surface area contributed by atoms with Gasteiger partial charge in [-0.2, -0.15) is 0 Å². The smallest absolute Gasteiger partial charge is 0.271 e. The van der Waals surface area contributed by atoms with E-state index >= 15 is 0 Å². The summed E-state index contributed by atoms with van der Waals surface area (Å²) in [5, 5.41) is 10.9. The summed E-state index contributed by atoms with van der Waals surface area (Å²) in [7, 11) is 0. The van der Waals surface area contributed by atoms with Crippen molar-refractivity contribution < 1.29 is 4.92 Å². The van der Waals surface area contributed by atoms with Crippen molar-refractivity contribution in [1.29, 1.82) is 0 Å². The molecule has 0 N–H and O–H groups in total. The monoisotopic (exact) mass is 295 g/mol. The molecule has 0 aliphatic carbocycles. The van der Waals surface area contributed by atoms with Crippen LogP contribution in [0, 0.1) is 16.0 Å². The van der Waals surface area contributed by atoms with E-state index in [1.165, 1.54) is 11.6 Å². The first-order valence-corrected chi connectivity index (χ1v) is 7.29. The molecule has 5 heteroatoms. The molecule has 1 aromatic carbocycles. The van der Waals surface area contributed by atoms with E-state index in [1.54, 1.807) is 12.1 Å². The number of nitro benzene ring substituents is 1. The van der Waals surface area contributed by atoms with Crippen molar-refractivity contribution in [2.24, 2.45) is 5.92 Å². The van der Waals surface area contributed by atoms with Crippen LogP contribution in [0.4, 0.5) is 11.4 Å². The molecule has 1 atom stereocenters. The first-order valence-electron chi connectivity index (χ1n) is 7.29. The molecule has 0 amide bonds. The third kappa shape index (κ3) is 3.31. The molecule has 0 saturated carbocycles. The lowest BCUT2D eigenvalue weighted by molar-refractivity contribution is -0.384. The lowest BCUT2D eigenvalue weighted by atomic mass is 9.94. The zero-order chi connectivity index (χ0) is 15.4. The van der Waals surface area contributed by atoms with Gasteiger partial charge in [-0.3, -0.25) is 15.1 Å². The van der Waals surface area contributed by atoms with Gasteiger partial charge < -0.3 is 4.90 Å². The van der Waals surface area contributed by atoms with E-state index in [0.717, 1.165) is 25.1 Å². The van der Waals surface area contributed by atoms with Crippen molar-refractivity contribution in [3.8, 4) is 0 Å². The van der Waals surface area contributed by atoms with Gasteiger partial charge in [0.25, 0.3) is 5.69 Å². The number of nitro groups is 1. The van der Waals surface area contributed by atoms with E-state index < -0.39 is 0 Å². The lowest BCUT2D eigenvalue weighted by Crippen LogP contribution is -2.28. The number of hydrogen-bond acceptors (Lipinski definition) is 4. The molecule has 0 spiro atoms. The van der Waals surface area contributed by atoms with Crippen LogP contribution in [0.2, 0.25) is 0 Å². The van der Waals surface area contributed by atoms with Crippen molar-refractivity contribution in [2.45, 2.75) is 12.8 Å². The molecule has 0 fully saturated rings. The van der Waals surface area contributed by atoms with Gasteiger partial charge in [0.2, 0.25) is 0 Å². The average molecular weight is 295 g/mol. The van der Waals surface area contributed by atoms with Gasteiger partial charge in [0, 0.05) is 43.0 Å². The minimum absolute atomic E-state index is 0.127. The Hall–Kier alpha value is -2.69. The van der Waals surface area contributed by atoms with Crippen molar-refractivity contribution in [2.75, 3.05) is 11.4 Å². The molecule has 1 aliphatic heterocycles. The van der Waals surface area contributed by atoms with Gasteiger partial charge in [-0.25, -0.2) is 0 Å². The zero-order valence-corrected chi connectivity index (χ0v) is 12.1. The van der Waals surface area contributed by atoms with E-state index in [0.29, 0.717) is 5.92 Å². The number of benzene rings is 1. The third-order valence-electron chi connectivity index (χ3n) is 3.86. The Labute approximate surface area is 129 Å². The number of hydrogen-bond donors (Lipinski definition) is 0. The Kier molecular flexibility index (Phi) is 4.14. The summed E-state index contributed by atoms with van der Waals surface area (Å²) >= 11 is 0. The molecule has 3 rings (SSSR count). The standard InChI is InChI=1S/C17H17N3O2/c21-20(22)17-5-1-4-16(12-17)19-10-2-3-15(13-19)11-14-6-8-18-9-7-14/h1-2,4-10,12,15H,3,11,13H2. The Morgan fingerprint density at radius 2 is 2.09 bits per heavy atom. The fourth-order valence-corrected chi connectivity index (χ4v) is 2.77. The minimum Gasteiger partial charge on any atom is -0.348 e. The van der Waals surface area contributed by atoms with E-state index in [1.807, 2.05) is 36.8 Å². The second-order valence-electron chi connectivity index (χ2n) is 5.48. The highest BCUT2D eigenvalue weighted by atomic mass is 16.6. The number of anilines is 1. The van der Waals surface area contributed by atoms with Crippen molar-refractivity contribution in [3.63, 3.8) is 0 Å². The molecule has 1 aliphatic rings. The van der Waals surface area contributed by atoms with E-state index in [2.05, 4.69) is 16.0 Å². The lowest BCUT2D eigenvalue weighted by Gasteiger charge is -2.29. The van der Waals surface area contributed by atoms with Crippen LogP contribution >= 0.6 is 0 Å². The number of non-ortho nitro benzene ring substituents is 1. The summed E-state index contributed by atoms with van der Waals surface area (Å²) in [4.78, 5) is 16.7. The highest BCUT2D eigenvalue weighted by molar-refractivity contribution is 5.55.